The van der Waals surface area contributed by atoms with E-state index in [1.165, 1.54) is 177 Å². The second-order valence-corrected chi connectivity index (χ2v) is 24.4. The molecule has 0 bridgehead atoms. The van der Waals surface area contributed by atoms with Gasteiger partial charge in [0.2, 0.25) is 0 Å². The van der Waals surface area contributed by atoms with Crippen molar-refractivity contribution in [2.75, 3.05) is 13.1 Å². The minimum Gasteiger partial charge on any atom is -0.352 e. The Bertz CT molecular complexity index is 2100. The summed E-state index contributed by atoms with van der Waals surface area (Å²) in [6.45, 7) is 8.91. The van der Waals surface area contributed by atoms with Gasteiger partial charge in [-0.3, -0.25) is 9.59 Å². The molecule has 6 rings (SSSR count). The van der Waals surface area contributed by atoms with Gasteiger partial charge in [-0.15, -0.1) is 23.5 Å². The maximum Gasteiger partial charge on any atom is 0.380 e. The molecule has 1 fully saturated rings. The van der Waals surface area contributed by atoms with Crippen LogP contribution in [0.15, 0.2) is 83.0 Å². The molecule has 0 unspecified atom stereocenters. The van der Waals surface area contributed by atoms with Crippen molar-refractivity contribution in [1.29, 1.82) is 0 Å². The van der Waals surface area contributed by atoms with Crippen LogP contribution in [-0.4, -0.2) is 52.2 Å². The molecule has 1 saturated carbocycles. The number of alkyl halides is 6. The third kappa shape index (κ3) is 14.0. The number of hydrogen-bond donors (Lipinski definition) is 2. The van der Waals surface area contributed by atoms with E-state index in [9.17, 15) is 9.59 Å². The van der Waals surface area contributed by atoms with Crippen LogP contribution in [0, 0.1) is 0 Å². The van der Waals surface area contributed by atoms with Crippen LogP contribution in [0.3, 0.4) is 0 Å². The largest absolute Gasteiger partial charge is 0.380 e. The predicted octanol–water partition coefficient (Wildman–Crippen LogP) is 19.0. The van der Waals surface area contributed by atoms with E-state index in [-0.39, 0.29) is 23.0 Å². The van der Waals surface area contributed by atoms with Crippen molar-refractivity contribution >= 4 is 45.1 Å². The lowest BCUT2D eigenvalue weighted by molar-refractivity contribution is -0.258. The number of halogens is 6. The van der Waals surface area contributed by atoms with Crippen molar-refractivity contribution in [2.45, 2.75) is 235 Å². The molecule has 0 spiro atoms. The van der Waals surface area contributed by atoms with Crippen molar-refractivity contribution in [1.82, 2.24) is 10.6 Å². The number of hydrogen-bond acceptors (Lipinski definition) is 4. The molecule has 404 valence electrons. The fourth-order valence-electron chi connectivity index (χ4n) is 11.0. The fraction of sp³-hybridized carbons (Fsp3) is 0.639. The number of unbranched alkanes of at least 4 members (excludes halogenated alkanes) is 26. The summed E-state index contributed by atoms with van der Waals surface area (Å²) >= 11 is 2.37. The molecule has 4 nitrogen and oxygen atoms in total. The summed E-state index contributed by atoms with van der Waals surface area (Å²) in [5.41, 5.74) is -1.20. The predicted molar refractivity (Wildman–Crippen MR) is 295 cm³/mol. The first-order chi connectivity index (χ1) is 35.0. The molecule has 2 atom stereocenters. The van der Waals surface area contributed by atoms with E-state index in [2.05, 4.69) is 24.5 Å². The van der Waals surface area contributed by atoms with Gasteiger partial charge >= 0.3 is 17.8 Å². The highest BCUT2D eigenvalue weighted by atomic mass is 32.2. The SMILES string of the molecule is CCCCCCCCCCCCCCCCNC(=O)c1ccc(C2=CC3=C4C(=C5C=C(c6ccc(C(=O)NCCCCCCCCCCCCCCCC)cc6)S[C@]5(C)[C@@]3(C)S2)C(F)(F)C(F)(F)C4(F)F)cc1. The summed E-state index contributed by atoms with van der Waals surface area (Å²) < 4.78 is 92.4. The quantitative estimate of drug-likeness (QED) is 0.0542. The van der Waals surface area contributed by atoms with Crippen molar-refractivity contribution in [3.8, 4) is 0 Å². The van der Waals surface area contributed by atoms with Crippen molar-refractivity contribution in [3.05, 3.63) is 105 Å². The number of carbonyl (C=O) groups excluding carboxylic acids is 2. The van der Waals surface area contributed by atoms with E-state index >= 15 is 26.3 Å². The van der Waals surface area contributed by atoms with Crippen molar-refractivity contribution in [2.24, 2.45) is 0 Å². The van der Waals surface area contributed by atoms with Crippen LogP contribution in [0.1, 0.15) is 239 Å². The van der Waals surface area contributed by atoms with Gasteiger partial charge in [0.15, 0.2) is 0 Å². The number of thioether (sulfide) groups is 2. The summed E-state index contributed by atoms with van der Waals surface area (Å²) in [6.07, 6.45) is 37.6. The molecule has 2 aliphatic heterocycles. The lowest BCUT2D eigenvalue weighted by Gasteiger charge is -2.47. The average Bonchev–Trinajstić information content (AvgIpc) is 3.96. The Balaban J connectivity index is 1.01. The maximum atomic E-state index is 16.0. The van der Waals surface area contributed by atoms with Gasteiger partial charge in [0.1, 0.15) is 0 Å². The van der Waals surface area contributed by atoms with E-state index in [1.54, 1.807) is 62.4 Å². The second kappa shape index (κ2) is 27.6. The first-order valence-electron chi connectivity index (χ1n) is 28.3. The Morgan fingerprint density at radius 2 is 0.671 bits per heavy atom. The van der Waals surface area contributed by atoms with E-state index < -0.39 is 38.4 Å². The number of rotatable bonds is 34. The van der Waals surface area contributed by atoms with Crippen LogP contribution in [0.2, 0.25) is 0 Å². The molecular formula is C61H84F6N2O2S2. The molecule has 2 N–H and O–H groups in total. The molecule has 0 radical (unpaired) electrons. The molecule has 2 amide bonds. The molecule has 12 heteroatoms. The number of benzene rings is 2. The maximum absolute atomic E-state index is 16.0. The highest BCUT2D eigenvalue weighted by molar-refractivity contribution is 8.14. The van der Waals surface area contributed by atoms with Crippen LogP contribution in [0.5, 0.6) is 0 Å². The van der Waals surface area contributed by atoms with E-state index in [1.807, 2.05) is 0 Å². The van der Waals surface area contributed by atoms with E-state index in [0.29, 0.717) is 45.2 Å². The van der Waals surface area contributed by atoms with Crippen LogP contribution in [-0.2, 0) is 0 Å². The molecular weight excluding hydrogens is 971 g/mol. The van der Waals surface area contributed by atoms with E-state index in [0.717, 1.165) is 38.5 Å². The monoisotopic (exact) mass is 1050 g/mol. The third-order valence-corrected chi connectivity index (χ3v) is 19.2. The zero-order valence-electron chi connectivity index (χ0n) is 44.4. The molecule has 0 aromatic heterocycles. The molecule has 73 heavy (non-hydrogen) atoms. The average molecular weight is 1060 g/mol. The molecule has 4 aliphatic rings. The topological polar surface area (TPSA) is 58.2 Å². The van der Waals surface area contributed by atoms with Gasteiger partial charge < -0.3 is 10.6 Å². The number of amides is 2. The third-order valence-electron chi connectivity index (χ3n) is 15.8. The van der Waals surface area contributed by atoms with Crippen LogP contribution in [0.4, 0.5) is 26.3 Å². The summed E-state index contributed by atoms with van der Waals surface area (Å²) in [5, 5.41) is 5.97. The van der Waals surface area contributed by atoms with Gasteiger partial charge in [-0.05, 0) is 85.4 Å². The first-order valence-corrected chi connectivity index (χ1v) is 29.9. The zero-order chi connectivity index (χ0) is 52.5. The molecule has 2 heterocycles. The normalized spacial score (nSPS) is 21.2. The fourth-order valence-corrected chi connectivity index (χ4v) is 14.2. The van der Waals surface area contributed by atoms with Crippen molar-refractivity contribution < 1.29 is 35.9 Å². The number of fused-ring (bicyclic) bond motifs is 4. The minimum absolute atomic E-state index is 0.240. The minimum atomic E-state index is -5.66. The van der Waals surface area contributed by atoms with E-state index in [4.69, 9.17) is 0 Å². The standard InChI is InChI=1S/C61H84F6N2O2S2/c1-5-7-9-11-13-15-17-19-21-23-25-27-29-31-41-68-55(70)47-37-33-45(34-38-47)51-43-49-53-54(60(64,65)61(66,67)59(53,62)63)50-44-52(73-58(50,4)57(49,3)72-51)46-35-39-48(40-36-46)56(71)69-42-32-30-28-26-24-22-20-18-16-14-12-10-8-6-2/h33-40,43-44H,5-32,41-42H2,1-4H3,(H,68,70)(H,69,71)/t57-,58-/m0/s1. The Morgan fingerprint density at radius 3 is 0.945 bits per heavy atom. The zero-order valence-corrected chi connectivity index (χ0v) is 46.0. The van der Waals surface area contributed by atoms with Gasteiger partial charge in [0, 0.05) is 45.2 Å². The van der Waals surface area contributed by atoms with Crippen LogP contribution >= 0.6 is 23.5 Å². The highest BCUT2D eigenvalue weighted by Gasteiger charge is 2.84. The smallest absolute Gasteiger partial charge is 0.352 e. The second-order valence-electron chi connectivity index (χ2n) is 21.4. The van der Waals surface area contributed by atoms with Gasteiger partial charge in [0.05, 0.1) is 9.49 Å². The number of nitrogens with one attached hydrogen (secondary N) is 2. The first kappa shape index (κ1) is 58.9. The Morgan fingerprint density at radius 1 is 0.411 bits per heavy atom. The van der Waals surface area contributed by atoms with Crippen LogP contribution in [0.25, 0.3) is 9.81 Å². The van der Waals surface area contributed by atoms with Crippen LogP contribution < -0.4 is 10.6 Å². The van der Waals surface area contributed by atoms with Gasteiger partial charge in [-0.2, -0.15) is 26.3 Å². The molecule has 2 aromatic carbocycles. The number of allylic oxidation sites excluding steroid dienone is 4. The lowest BCUT2D eigenvalue weighted by atomic mass is 9.71. The Kier molecular flexibility index (Phi) is 22.3. The van der Waals surface area contributed by atoms with Gasteiger partial charge in [0.25, 0.3) is 11.8 Å². The summed E-state index contributed by atoms with van der Waals surface area (Å²) in [6, 6.07) is 13.3. The Labute approximate surface area is 442 Å². The summed E-state index contributed by atoms with van der Waals surface area (Å²) in [4.78, 5) is 27.1. The molecule has 2 aliphatic carbocycles. The summed E-state index contributed by atoms with van der Waals surface area (Å²) in [7, 11) is 0. The molecule has 0 saturated heterocycles. The highest BCUT2D eigenvalue weighted by Crippen LogP contribution is 2.75. The van der Waals surface area contributed by atoms with Gasteiger partial charge in [-0.25, -0.2) is 0 Å². The van der Waals surface area contributed by atoms with Gasteiger partial charge in [-0.1, -0.05) is 205 Å². The lowest BCUT2D eigenvalue weighted by Crippen LogP contribution is -2.48. The Hall–Kier alpha value is -3.38. The van der Waals surface area contributed by atoms with Crippen molar-refractivity contribution in [3.63, 3.8) is 0 Å². The number of carbonyl (C=O) groups is 2. The summed E-state index contributed by atoms with van der Waals surface area (Å²) in [5.74, 6) is -16.4. The molecule has 2 aromatic rings.